The van der Waals surface area contributed by atoms with Crippen molar-refractivity contribution in [3.05, 3.63) is 58.5 Å². The van der Waals surface area contributed by atoms with Crippen LogP contribution in [0.1, 0.15) is 32.8 Å². The normalized spacial score (nSPS) is 13.4. The van der Waals surface area contributed by atoms with Crippen LogP contribution >= 0.6 is 0 Å². The minimum Gasteiger partial charge on any atom is -0.486 e. The number of aromatic nitrogens is 2. The number of hydrogen-bond acceptors (Lipinski definition) is 4. The maximum atomic E-state index is 12.7. The van der Waals surface area contributed by atoms with Gasteiger partial charge in [0.25, 0.3) is 0 Å². The molecule has 7 heteroatoms. The molecular weight excluding hydrogens is 382 g/mol. The summed E-state index contributed by atoms with van der Waals surface area (Å²) >= 11 is 0. The van der Waals surface area contributed by atoms with E-state index in [1.54, 1.807) is 9.13 Å². The maximum Gasteiger partial charge on any atom is 0.329 e. The number of aryl methyl sites for hydroxylation is 2. The lowest BCUT2D eigenvalue weighted by Crippen LogP contribution is -2.41. The van der Waals surface area contributed by atoms with Crippen LogP contribution in [0.15, 0.2) is 47.3 Å². The van der Waals surface area contributed by atoms with Crippen molar-refractivity contribution in [3.63, 3.8) is 0 Å². The summed E-state index contributed by atoms with van der Waals surface area (Å²) in [5.41, 5.74) is 2.00. The zero-order valence-electron chi connectivity index (χ0n) is 17.6. The highest BCUT2D eigenvalue weighted by atomic mass is 16.6. The Kier molecular flexibility index (Phi) is 5.28. The van der Waals surface area contributed by atoms with E-state index in [1.807, 2.05) is 63.2 Å². The predicted octanol–water partition coefficient (Wildman–Crippen LogP) is 3.04. The number of nitrogens with one attached hydrogen (secondary N) is 1. The van der Waals surface area contributed by atoms with Crippen LogP contribution in [0.5, 0.6) is 11.5 Å². The summed E-state index contributed by atoms with van der Waals surface area (Å²) in [5, 5.41) is 3.08. The van der Waals surface area contributed by atoms with E-state index < -0.39 is 5.54 Å². The Bertz CT molecular complexity index is 1140. The monoisotopic (exact) mass is 409 g/mol. The molecule has 7 nitrogen and oxygen atoms in total. The summed E-state index contributed by atoms with van der Waals surface area (Å²) in [7, 11) is 0. The van der Waals surface area contributed by atoms with Gasteiger partial charge in [-0.2, -0.15) is 0 Å². The van der Waals surface area contributed by atoms with Gasteiger partial charge in [-0.3, -0.25) is 13.9 Å². The number of carbonyl (C=O) groups is 1. The predicted molar refractivity (Wildman–Crippen MR) is 115 cm³/mol. The fourth-order valence-electron chi connectivity index (χ4n) is 3.92. The van der Waals surface area contributed by atoms with Crippen LogP contribution in [0, 0.1) is 0 Å². The number of carbonyl (C=O) groups excluding carboxylic acids is 1. The maximum absolute atomic E-state index is 12.7. The molecule has 0 saturated heterocycles. The lowest BCUT2D eigenvalue weighted by molar-refractivity contribution is -0.123. The molecule has 1 amide bonds. The standard InChI is InChI=1S/C23H27N3O4/c1-4-25-17-7-5-6-8-18(17)26(22(25)28)12-11-21(27)24-23(2,3)16-9-10-19-20(15-16)30-14-13-29-19/h5-10,15H,4,11-14H2,1-3H3,(H,24,27). The minimum absolute atomic E-state index is 0.0856. The van der Waals surface area contributed by atoms with E-state index in [0.717, 1.165) is 22.3 Å². The van der Waals surface area contributed by atoms with Crippen LogP contribution in [-0.2, 0) is 23.4 Å². The number of amides is 1. The molecule has 0 saturated carbocycles. The molecule has 1 N–H and O–H groups in total. The van der Waals surface area contributed by atoms with Gasteiger partial charge in [0.1, 0.15) is 13.2 Å². The van der Waals surface area contributed by atoms with Crippen LogP contribution in [-0.4, -0.2) is 28.3 Å². The molecule has 0 atom stereocenters. The first-order valence-electron chi connectivity index (χ1n) is 10.3. The highest BCUT2D eigenvalue weighted by molar-refractivity contribution is 5.78. The fraction of sp³-hybridized carbons (Fsp3) is 0.391. The molecule has 0 radical (unpaired) electrons. The first-order valence-corrected chi connectivity index (χ1v) is 10.3. The highest BCUT2D eigenvalue weighted by Crippen LogP contribution is 2.34. The molecule has 3 aromatic rings. The quantitative estimate of drug-likeness (QED) is 0.679. The highest BCUT2D eigenvalue weighted by Gasteiger charge is 2.25. The second-order valence-corrected chi connectivity index (χ2v) is 7.95. The number of hydrogen-bond donors (Lipinski definition) is 1. The number of nitrogens with zero attached hydrogens (tertiary/aromatic N) is 2. The number of para-hydroxylation sites is 2. The lowest BCUT2D eigenvalue weighted by atomic mass is 9.93. The summed E-state index contributed by atoms with van der Waals surface area (Å²) < 4.78 is 14.6. The third kappa shape index (κ3) is 3.67. The molecule has 2 heterocycles. The van der Waals surface area contributed by atoms with Crippen molar-refractivity contribution in [2.75, 3.05) is 13.2 Å². The van der Waals surface area contributed by atoms with Gasteiger partial charge in [0.15, 0.2) is 11.5 Å². The van der Waals surface area contributed by atoms with Gasteiger partial charge in [0, 0.05) is 19.5 Å². The van der Waals surface area contributed by atoms with Crippen molar-refractivity contribution in [1.82, 2.24) is 14.5 Å². The van der Waals surface area contributed by atoms with Crippen molar-refractivity contribution in [1.29, 1.82) is 0 Å². The smallest absolute Gasteiger partial charge is 0.329 e. The van der Waals surface area contributed by atoms with Gasteiger partial charge in [-0.05, 0) is 50.6 Å². The summed E-state index contributed by atoms with van der Waals surface area (Å²) in [4.78, 5) is 25.5. The van der Waals surface area contributed by atoms with E-state index in [9.17, 15) is 9.59 Å². The summed E-state index contributed by atoms with van der Waals surface area (Å²) in [6, 6.07) is 13.4. The Balaban J connectivity index is 1.48. The van der Waals surface area contributed by atoms with Crippen LogP contribution in [0.4, 0.5) is 0 Å². The zero-order chi connectivity index (χ0) is 21.3. The fourth-order valence-corrected chi connectivity index (χ4v) is 3.92. The van der Waals surface area contributed by atoms with E-state index in [0.29, 0.717) is 32.1 Å². The third-order valence-electron chi connectivity index (χ3n) is 5.52. The third-order valence-corrected chi connectivity index (χ3v) is 5.52. The molecule has 158 valence electrons. The number of imidazole rings is 1. The Morgan fingerprint density at radius 1 is 1.03 bits per heavy atom. The number of ether oxygens (including phenoxy) is 2. The average Bonchev–Trinajstić information content (AvgIpc) is 3.02. The van der Waals surface area contributed by atoms with Gasteiger partial charge in [-0.15, -0.1) is 0 Å². The second kappa shape index (κ2) is 7.89. The Morgan fingerprint density at radius 3 is 2.40 bits per heavy atom. The van der Waals surface area contributed by atoms with E-state index in [2.05, 4.69) is 5.32 Å². The van der Waals surface area contributed by atoms with Crippen molar-refractivity contribution in [3.8, 4) is 11.5 Å². The zero-order valence-corrected chi connectivity index (χ0v) is 17.6. The van der Waals surface area contributed by atoms with Gasteiger partial charge in [0.05, 0.1) is 16.6 Å². The molecule has 1 aromatic heterocycles. The molecule has 1 aliphatic heterocycles. The van der Waals surface area contributed by atoms with Crippen molar-refractivity contribution < 1.29 is 14.3 Å². The number of fused-ring (bicyclic) bond motifs is 2. The van der Waals surface area contributed by atoms with E-state index in [1.165, 1.54) is 0 Å². The Hall–Kier alpha value is -3.22. The van der Waals surface area contributed by atoms with Gasteiger partial charge in [0.2, 0.25) is 5.91 Å². The van der Waals surface area contributed by atoms with E-state index in [4.69, 9.17) is 9.47 Å². The van der Waals surface area contributed by atoms with Crippen LogP contribution < -0.4 is 20.5 Å². The van der Waals surface area contributed by atoms with E-state index in [-0.39, 0.29) is 18.0 Å². The number of benzene rings is 2. The molecule has 2 aromatic carbocycles. The summed E-state index contributed by atoms with van der Waals surface area (Å²) in [6.07, 6.45) is 0.214. The van der Waals surface area contributed by atoms with Crippen molar-refractivity contribution in [2.45, 2.75) is 45.8 Å². The van der Waals surface area contributed by atoms with Crippen molar-refractivity contribution >= 4 is 16.9 Å². The molecule has 0 fully saturated rings. The first-order chi connectivity index (χ1) is 14.4. The number of rotatable bonds is 6. The molecule has 30 heavy (non-hydrogen) atoms. The Morgan fingerprint density at radius 2 is 1.70 bits per heavy atom. The SMILES string of the molecule is CCn1c(=O)n(CCC(=O)NC(C)(C)c2ccc3c(c2)OCCO3)c2ccccc21. The minimum atomic E-state index is -0.588. The van der Waals surface area contributed by atoms with Crippen molar-refractivity contribution in [2.24, 2.45) is 0 Å². The van der Waals surface area contributed by atoms with Crippen LogP contribution in [0.2, 0.25) is 0 Å². The van der Waals surface area contributed by atoms with Gasteiger partial charge < -0.3 is 14.8 Å². The van der Waals surface area contributed by atoms with Gasteiger partial charge in [-0.25, -0.2) is 4.79 Å². The molecule has 4 rings (SSSR count). The summed E-state index contributed by atoms with van der Waals surface area (Å²) in [5.74, 6) is 1.30. The van der Waals surface area contributed by atoms with Crippen LogP contribution in [0.3, 0.4) is 0 Å². The largest absolute Gasteiger partial charge is 0.486 e. The molecule has 0 aliphatic carbocycles. The second-order valence-electron chi connectivity index (χ2n) is 7.95. The molecule has 1 aliphatic rings. The lowest BCUT2D eigenvalue weighted by Gasteiger charge is -2.28. The van der Waals surface area contributed by atoms with Gasteiger partial charge >= 0.3 is 5.69 Å². The van der Waals surface area contributed by atoms with Crippen LogP contribution in [0.25, 0.3) is 11.0 Å². The average molecular weight is 409 g/mol. The molecular formula is C23H27N3O4. The first kappa shape index (κ1) is 20.1. The molecule has 0 unspecified atom stereocenters. The molecule has 0 bridgehead atoms. The van der Waals surface area contributed by atoms with E-state index >= 15 is 0 Å². The molecule has 0 spiro atoms. The van der Waals surface area contributed by atoms with Gasteiger partial charge in [-0.1, -0.05) is 18.2 Å². The summed E-state index contributed by atoms with van der Waals surface area (Å²) in [6.45, 7) is 7.83. The Labute approximate surface area is 175 Å². The topological polar surface area (TPSA) is 74.5 Å².